The van der Waals surface area contributed by atoms with Gasteiger partial charge in [0.25, 0.3) is 0 Å². The fourth-order valence-corrected chi connectivity index (χ4v) is 12.4. The van der Waals surface area contributed by atoms with Gasteiger partial charge in [0.1, 0.15) is 17.2 Å². The number of aryl methyl sites for hydroxylation is 3. The van der Waals surface area contributed by atoms with E-state index < -0.39 is 8.07 Å². The van der Waals surface area contributed by atoms with Gasteiger partial charge in [0.15, 0.2) is 8.07 Å². The van der Waals surface area contributed by atoms with Crippen LogP contribution in [0, 0.1) is 48.5 Å². The second kappa shape index (κ2) is 15.6. The predicted octanol–water partition coefficient (Wildman–Crippen LogP) is -4.02. The van der Waals surface area contributed by atoms with E-state index in [1.54, 1.807) is 21.3 Å². The zero-order valence-corrected chi connectivity index (χ0v) is 30.4. The summed E-state index contributed by atoms with van der Waals surface area (Å²) >= 11 is 0. The van der Waals surface area contributed by atoms with Gasteiger partial charge in [-0.3, -0.25) is 0 Å². The van der Waals surface area contributed by atoms with Gasteiger partial charge in [0.05, 0.1) is 21.3 Å². The molecular formula is C33H39Cl3O3SiTi. The molecule has 0 heterocycles. The molecule has 0 saturated heterocycles. The van der Waals surface area contributed by atoms with E-state index in [1.807, 2.05) is 0 Å². The molecule has 0 unspecified atom stereocenters. The first-order chi connectivity index (χ1) is 17.7. The van der Waals surface area contributed by atoms with Crippen LogP contribution in [-0.4, -0.2) is 29.4 Å². The van der Waals surface area contributed by atoms with Crippen molar-refractivity contribution in [2.45, 2.75) is 48.5 Å². The van der Waals surface area contributed by atoms with Gasteiger partial charge in [-0.15, -0.1) is 0 Å². The summed E-state index contributed by atoms with van der Waals surface area (Å²) in [7, 11) is 2.29. The summed E-state index contributed by atoms with van der Waals surface area (Å²) in [6, 6.07) is 19.7. The third-order valence-electron chi connectivity index (χ3n) is 8.27. The number of ether oxygens (including phenoxy) is 3. The summed E-state index contributed by atoms with van der Waals surface area (Å²) in [5.41, 5.74) is 8.69. The zero-order chi connectivity index (χ0) is 27.1. The Morgan fingerprint density at radius 1 is 0.537 bits per heavy atom. The second-order valence-corrected chi connectivity index (χ2v) is 13.7. The maximum Gasteiger partial charge on any atom is 4.00 e. The number of hydrogen-bond acceptors (Lipinski definition) is 3. The van der Waals surface area contributed by atoms with Crippen LogP contribution in [0.5, 0.6) is 17.2 Å². The van der Waals surface area contributed by atoms with Crippen LogP contribution < -0.4 is 72.2 Å². The summed E-state index contributed by atoms with van der Waals surface area (Å²) < 4.78 is 18.7. The average molecular weight is 666 g/mol. The summed E-state index contributed by atoms with van der Waals surface area (Å²) in [6.45, 7) is 15.4. The first-order valence-corrected chi connectivity index (χ1v) is 14.8. The van der Waals surface area contributed by atoms with E-state index >= 15 is 0 Å². The fraction of sp³-hybridized carbons (Fsp3) is 0.303. The maximum atomic E-state index is 6.22. The van der Waals surface area contributed by atoms with E-state index in [0.29, 0.717) is 0 Å². The standard InChI is InChI=1S/C33H39O3Si.3ClH.Ti/c1-20-14-11-17-27(30(20)34-8)37(28-18-12-15-21(2)31(28)35-9,29-19-13-16-22(3)32(29)36-10)33-25(6)23(4)24(5)26(33)7;;;;/h11-19H,1-10H3;3*1H;/q-1;;;;+4/p-3. The third-order valence-corrected chi connectivity index (χ3v) is 13.4. The molecule has 0 aliphatic heterocycles. The van der Waals surface area contributed by atoms with Crippen LogP contribution in [0.1, 0.15) is 38.9 Å². The van der Waals surface area contributed by atoms with Crippen LogP contribution in [-0.2, 0) is 21.7 Å². The smallest absolute Gasteiger partial charge is 1.00 e. The number of methoxy groups -OCH3 is 3. The average Bonchev–Trinajstić information content (AvgIpc) is 3.08. The molecule has 0 fully saturated rings. The summed E-state index contributed by atoms with van der Waals surface area (Å²) in [4.78, 5) is 0. The Hall–Kier alpha value is -1.79. The van der Waals surface area contributed by atoms with Gasteiger partial charge in [-0.2, -0.15) is 27.4 Å². The number of para-hydroxylation sites is 3. The summed E-state index contributed by atoms with van der Waals surface area (Å²) in [5.74, 6) is 2.78. The van der Waals surface area contributed by atoms with Gasteiger partial charge < -0.3 is 51.4 Å². The number of rotatable bonds is 7. The minimum Gasteiger partial charge on any atom is -1.00 e. The molecule has 0 aliphatic rings. The molecule has 4 aromatic carbocycles. The van der Waals surface area contributed by atoms with Gasteiger partial charge in [0, 0.05) is 0 Å². The molecule has 41 heavy (non-hydrogen) atoms. The SMILES string of the molecule is COc1c(C)cccc1[Si](c1cccc(C)c1OC)(c1cccc(C)c1OC)c1c(C)c(C)c(C)[c-]1C.[Cl-].[Cl-].[Cl-].[Ti+4]. The molecule has 0 atom stereocenters. The first kappa shape index (κ1) is 39.2. The molecule has 0 aromatic heterocycles. The molecule has 0 aliphatic carbocycles. The van der Waals surface area contributed by atoms with Crippen LogP contribution in [0.3, 0.4) is 0 Å². The van der Waals surface area contributed by atoms with Crippen molar-refractivity contribution < 1.29 is 73.1 Å². The van der Waals surface area contributed by atoms with Crippen molar-refractivity contribution in [2.75, 3.05) is 21.3 Å². The Kier molecular flexibility index (Phi) is 14.9. The van der Waals surface area contributed by atoms with Crippen molar-refractivity contribution in [1.82, 2.24) is 0 Å². The van der Waals surface area contributed by atoms with Crippen LogP contribution in [0.15, 0.2) is 54.6 Å². The summed E-state index contributed by atoms with van der Waals surface area (Å²) in [6.07, 6.45) is 0. The topological polar surface area (TPSA) is 27.7 Å². The van der Waals surface area contributed by atoms with Gasteiger partial charge in [-0.25, -0.2) is 0 Å². The molecule has 0 radical (unpaired) electrons. The molecule has 0 amide bonds. The molecule has 8 heteroatoms. The Balaban J connectivity index is 0.00000400. The largest absolute Gasteiger partial charge is 4.00 e. The Labute approximate surface area is 280 Å². The van der Waals surface area contributed by atoms with Crippen molar-refractivity contribution >= 4 is 28.8 Å². The van der Waals surface area contributed by atoms with Crippen molar-refractivity contribution in [3.8, 4) is 17.2 Å². The molecule has 218 valence electrons. The second-order valence-electron chi connectivity index (χ2n) is 10.1. The number of benzene rings is 3. The van der Waals surface area contributed by atoms with Gasteiger partial charge >= 0.3 is 21.7 Å². The minimum atomic E-state index is -3.07. The fourth-order valence-electron chi connectivity index (χ4n) is 6.28. The van der Waals surface area contributed by atoms with Gasteiger partial charge in [0.2, 0.25) is 0 Å². The first-order valence-electron chi connectivity index (χ1n) is 12.8. The minimum absolute atomic E-state index is 0. The summed E-state index contributed by atoms with van der Waals surface area (Å²) in [5, 5.41) is 5.01. The van der Waals surface area contributed by atoms with Crippen molar-refractivity contribution in [3.05, 3.63) is 93.5 Å². The monoisotopic (exact) mass is 664 g/mol. The Morgan fingerprint density at radius 2 is 0.854 bits per heavy atom. The van der Waals surface area contributed by atoms with E-state index in [1.165, 1.54) is 43.0 Å². The Bertz CT molecular complexity index is 1330. The van der Waals surface area contributed by atoms with Crippen molar-refractivity contribution in [1.29, 1.82) is 0 Å². The molecule has 4 rings (SSSR count). The van der Waals surface area contributed by atoms with E-state index in [0.717, 1.165) is 33.9 Å². The van der Waals surface area contributed by atoms with E-state index in [4.69, 9.17) is 14.2 Å². The molecule has 0 spiro atoms. The van der Waals surface area contributed by atoms with Crippen molar-refractivity contribution in [2.24, 2.45) is 0 Å². The third kappa shape index (κ3) is 6.16. The van der Waals surface area contributed by atoms with Gasteiger partial charge in [-0.1, -0.05) is 82.3 Å². The molecule has 4 aromatic rings. The van der Waals surface area contributed by atoms with E-state index in [2.05, 4.69) is 103 Å². The van der Waals surface area contributed by atoms with E-state index in [-0.39, 0.29) is 58.9 Å². The molecule has 0 N–H and O–H groups in total. The quantitative estimate of drug-likeness (QED) is 0.115. The molecular weight excluding hydrogens is 627 g/mol. The normalized spacial score (nSPS) is 10.4. The zero-order valence-electron chi connectivity index (χ0n) is 25.6. The molecule has 0 saturated carbocycles. The number of halogens is 3. The van der Waals surface area contributed by atoms with Crippen LogP contribution >= 0.6 is 0 Å². The predicted molar refractivity (Wildman–Crippen MR) is 158 cm³/mol. The molecule has 3 nitrogen and oxygen atoms in total. The van der Waals surface area contributed by atoms with Crippen LogP contribution in [0.2, 0.25) is 0 Å². The van der Waals surface area contributed by atoms with E-state index in [9.17, 15) is 0 Å². The molecule has 0 bridgehead atoms. The van der Waals surface area contributed by atoms with Gasteiger partial charge in [-0.05, 0) is 53.0 Å². The van der Waals surface area contributed by atoms with Crippen LogP contribution in [0.25, 0.3) is 0 Å². The Morgan fingerprint density at radius 3 is 1.10 bits per heavy atom. The maximum absolute atomic E-state index is 6.22. The van der Waals surface area contributed by atoms with Crippen molar-refractivity contribution in [3.63, 3.8) is 0 Å². The van der Waals surface area contributed by atoms with Crippen LogP contribution in [0.4, 0.5) is 0 Å². The number of hydrogen-bond donors (Lipinski definition) is 0.